The monoisotopic (exact) mass is 448 g/mol. The van der Waals surface area contributed by atoms with Crippen molar-refractivity contribution in [3.8, 4) is 0 Å². The van der Waals surface area contributed by atoms with Gasteiger partial charge in [0.25, 0.3) is 0 Å². The van der Waals surface area contributed by atoms with Gasteiger partial charge >= 0.3 is 0 Å². The standard InChI is InChI=1S/C18H32N4O.HI/c1-5-15-10-16(23-22-15)12-20-17(19-6-2)21-13-18(8-7-9-18)11-14(3)4;/h10,14H,5-9,11-13H2,1-4H3,(H2,19,20,21);1H. The molecule has 0 atom stereocenters. The number of rotatable bonds is 8. The molecule has 1 aromatic heterocycles. The van der Waals surface area contributed by atoms with Crippen LogP contribution in [-0.2, 0) is 13.0 Å². The number of aliphatic imine (C=N–C) groups is 1. The van der Waals surface area contributed by atoms with E-state index in [0.717, 1.165) is 42.8 Å². The van der Waals surface area contributed by atoms with Crippen molar-refractivity contribution in [3.05, 3.63) is 17.5 Å². The molecule has 0 aromatic carbocycles. The molecule has 24 heavy (non-hydrogen) atoms. The molecule has 1 aromatic rings. The Bertz CT molecular complexity index is 509. The van der Waals surface area contributed by atoms with Crippen molar-refractivity contribution in [3.63, 3.8) is 0 Å². The van der Waals surface area contributed by atoms with Crippen LogP contribution in [0.5, 0.6) is 0 Å². The van der Waals surface area contributed by atoms with Gasteiger partial charge in [-0.05, 0) is 43.9 Å². The smallest absolute Gasteiger partial charge is 0.191 e. The average molecular weight is 448 g/mol. The molecule has 0 unspecified atom stereocenters. The predicted molar refractivity (Wildman–Crippen MR) is 110 cm³/mol. The molecule has 0 bridgehead atoms. The van der Waals surface area contributed by atoms with Gasteiger partial charge in [-0.15, -0.1) is 24.0 Å². The number of hydrogen-bond acceptors (Lipinski definition) is 3. The number of hydrogen-bond donors (Lipinski definition) is 2. The van der Waals surface area contributed by atoms with E-state index in [1.54, 1.807) is 0 Å². The van der Waals surface area contributed by atoms with Crippen LogP contribution in [0.15, 0.2) is 15.6 Å². The van der Waals surface area contributed by atoms with Gasteiger partial charge in [0.15, 0.2) is 11.7 Å². The minimum Gasteiger partial charge on any atom is -0.359 e. The van der Waals surface area contributed by atoms with Crippen LogP contribution in [0, 0.1) is 11.3 Å². The average Bonchev–Trinajstić information content (AvgIpc) is 2.94. The SMILES string of the molecule is CCNC(=NCc1cc(CC)no1)NCC1(CC(C)C)CCC1.I. The molecular formula is C18H33IN4O. The van der Waals surface area contributed by atoms with E-state index in [9.17, 15) is 0 Å². The maximum absolute atomic E-state index is 5.30. The number of nitrogens with zero attached hydrogens (tertiary/aromatic N) is 2. The Morgan fingerprint density at radius 2 is 2.08 bits per heavy atom. The summed E-state index contributed by atoms with van der Waals surface area (Å²) >= 11 is 0. The zero-order valence-electron chi connectivity index (χ0n) is 15.5. The fourth-order valence-electron chi connectivity index (χ4n) is 3.36. The van der Waals surface area contributed by atoms with Crippen molar-refractivity contribution >= 4 is 29.9 Å². The Morgan fingerprint density at radius 3 is 2.58 bits per heavy atom. The molecule has 1 heterocycles. The quantitative estimate of drug-likeness (QED) is 0.357. The largest absolute Gasteiger partial charge is 0.359 e. The van der Waals surface area contributed by atoms with Crippen molar-refractivity contribution in [2.24, 2.45) is 16.3 Å². The summed E-state index contributed by atoms with van der Waals surface area (Å²) in [5, 5.41) is 10.9. The summed E-state index contributed by atoms with van der Waals surface area (Å²) in [5.41, 5.74) is 1.45. The van der Waals surface area contributed by atoms with Gasteiger partial charge < -0.3 is 15.2 Å². The van der Waals surface area contributed by atoms with Crippen LogP contribution >= 0.6 is 24.0 Å². The highest BCUT2D eigenvalue weighted by Gasteiger charge is 2.37. The van der Waals surface area contributed by atoms with Gasteiger partial charge in [0.2, 0.25) is 0 Å². The van der Waals surface area contributed by atoms with E-state index < -0.39 is 0 Å². The number of aryl methyl sites for hydroxylation is 1. The predicted octanol–water partition coefficient (Wildman–Crippen LogP) is 4.13. The lowest BCUT2D eigenvalue weighted by Gasteiger charge is -2.43. The van der Waals surface area contributed by atoms with E-state index >= 15 is 0 Å². The zero-order chi connectivity index (χ0) is 16.7. The van der Waals surface area contributed by atoms with Gasteiger partial charge in [0.1, 0.15) is 6.54 Å². The number of halogens is 1. The fourth-order valence-corrected chi connectivity index (χ4v) is 3.36. The molecule has 0 spiro atoms. The highest BCUT2D eigenvalue weighted by Crippen LogP contribution is 2.45. The van der Waals surface area contributed by atoms with Gasteiger partial charge in [-0.25, -0.2) is 4.99 Å². The van der Waals surface area contributed by atoms with Crippen molar-refractivity contribution < 1.29 is 4.52 Å². The van der Waals surface area contributed by atoms with Gasteiger partial charge in [0.05, 0.1) is 5.69 Å². The summed E-state index contributed by atoms with van der Waals surface area (Å²) < 4.78 is 5.30. The highest BCUT2D eigenvalue weighted by atomic mass is 127. The number of nitrogens with one attached hydrogen (secondary N) is 2. The minimum atomic E-state index is 0. The summed E-state index contributed by atoms with van der Waals surface area (Å²) in [7, 11) is 0. The fraction of sp³-hybridized carbons (Fsp3) is 0.778. The first-order valence-corrected chi connectivity index (χ1v) is 9.03. The van der Waals surface area contributed by atoms with Crippen molar-refractivity contribution in [1.29, 1.82) is 0 Å². The third-order valence-corrected chi connectivity index (χ3v) is 4.59. The summed E-state index contributed by atoms with van der Waals surface area (Å²) in [6.07, 6.45) is 6.21. The molecule has 1 fully saturated rings. The number of guanidine groups is 1. The Hall–Kier alpha value is -0.790. The molecule has 6 heteroatoms. The van der Waals surface area contributed by atoms with Crippen LogP contribution in [0.2, 0.25) is 0 Å². The lowest BCUT2D eigenvalue weighted by Crippen LogP contribution is -2.47. The minimum absolute atomic E-state index is 0. The second-order valence-corrected chi connectivity index (χ2v) is 7.14. The van der Waals surface area contributed by atoms with E-state index in [0.29, 0.717) is 12.0 Å². The van der Waals surface area contributed by atoms with Crippen molar-refractivity contribution in [1.82, 2.24) is 15.8 Å². The van der Waals surface area contributed by atoms with Gasteiger partial charge in [0, 0.05) is 19.2 Å². The van der Waals surface area contributed by atoms with Gasteiger partial charge in [-0.1, -0.05) is 32.3 Å². The van der Waals surface area contributed by atoms with Crippen LogP contribution in [0.25, 0.3) is 0 Å². The molecule has 1 aliphatic rings. The lowest BCUT2D eigenvalue weighted by molar-refractivity contribution is 0.104. The van der Waals surface area contributed by atoms with Crippen LogP contribution in [0.3, 0.4) is 0 Å². The Morgan fingerprint density at radius 1 is 1.33 bits per heavy atom. The molecule has 2 rings (SSSR count). The summed E-state index contributed by atoms with van der Waals surface area (Å²) in [5.74, 6) is 2.44. The molecule has 0 radical (unpaired) electrons. The first kappa shape index (κ1) is 21.3. The first-order valence-electron chi connectivity index (χ1n) is 9.03. The van der Waals surface area contributed by atoms with E-state index in [2.05, 4.69) is 48.5 Å². The summed E-state index contributed by atoms with van der Waals surface area (Å²) in [6.45, 7) is 11.2. The molecule has 2 N–H and O–H groups in total. The van der Waals surface area contributed by atoms with Crippen LogP contribution in [0.4, 0.5) is 0 Å². The van der Waals surface area contributed by atoms with E-state index in [1.165, 1.54) is 25.7 Å². The Kier molecular flexibility index (Phi) is 9.08. The second-order valence-electron chi connectivity index (χ2n) is 7.14. The summed E-state index contributed by atoms with van der Waals surface area (Å²) in [6, 6.07) is 1.99. The molecule has 138 valence electrons. The third kappa shape index (κ3) is 6.26. The molecule has 0 amide bonds. The molecule has 1 aliphatic carbocycles. The normalized spacial score (nSPS) is 16.5. The van der Waals surface area contributed by atoms with Crippen LogP contribution in [0.1, 0.15) is 64.8 Å². The first-order chi connectivity index (χ1) is 11.1. The second kappa shape index (κ2) is 10.3. The van der Waals surface area contributed by atoms with E-state index in [-0.39, 0.29) is 24.0 Å². The van der Waals surface area contributed by atoms with Crippen molar-refractivity contribution in [2.45, 2.75) is 66.3 Å². The maximum Gasteiger partial charge on any atom is 0.191 e. The highest BCUT2D eigenvalue weighted by molar-refractivity contribution is 14.0. The summed E-state index contributed by atoms with van der Waals surface area (Å²) in [4.78, 5) is 4.63. The third-order valence-electron chi connectivity index (χ3n) is 4.59. The van der Waals surface area contributed by atoms with Gasteiger partial charge in [-0.2, -0.15) is 0 Å². The maximum atomic E-state index is 5.30. The van der Waals surface area contributed by atoms with Gasteiger partial charge in [-0.3, -0.25) is 0 Å². The Balaban J connectivity index is 0.00000288. The van der Waals surface area contributed by atoms with E-state index in [1.807, 2.05) is 6.07 Å². The van der Waals surface area contributed by atoms with Crippen LogP contribution in [-0.4, -0.2) is 24.2 Å². The Labute approximate surface area is 163 Å². The molecule has 5 nitrogen and oxygen atoms in total. The molecule has 0 aliphatic heterocycles. The van der Waals surface area contributed by atoms with E-state index in [4.69, 9.17) is 4.52 Å². The van der Waals surface area contributed by atoms with Crippen LogP contribution < -0.4 is 10.6 Å². The molecular weight excluding hydrogens is 415 g/mol. The zero-order valence-corrected chi connectivity index (χ0v) is 17.9. The molecule has 1 saturated carbocycles. The lowest BCUT2D eigenvalue weighted by atomic mass is 9.64. The number of aromatic nitrogens is 1. The molecule has 0 saturated heterocycles. The topological polar surface area (TPSA) is 62.5 Å². The van der Waals surface area contributed by atoms with Crippen molar-refractivity contribution in [2.75, 3.05) is 13.1 Å².